The number of rotatable bonds is 9. The first-order chi connectivity index (χ1) is 19.2. The Labute approximate surface area is 239 Å². The summed E-state index contributed by atoms with van der Waals surface area (Å²) in [6, 6.07) is -1.19. The van der Waals surface area contributed by atoms with Gasteiger partial charge in [0.1, 0.15) is 17.6 Å². The average molecular weight is 606 g/mol. The van der Waals surface area contributed by atoms with Gasteiger partial charge in [-0.15, -0.1) is 11.3 Å². The molecule has 4 rings (SSSR count). The molecule has 0 bridgehead atoms. The third-order valence-corrected chi connectivity index (χ3v) is 7.77. The molecule has 2 aliphatic rings. The summed E-state index contributed by atoms with van der Waals surface area (Å²) in [5.74, 6) is -2.27. The summed E-state index contributed by atoms with van der Waals surface area (Å²) in [6.45, 7) is 9.11. The van der Waals surface area contributed by atoms with Gasteiger partial charge in [-0.3, -0.25) is 9.59 Å². The number of nitrogens with zero attached hydrogens (tertiary/aromatic N) is 3. The van der Waals surface area contributed by atoms with Gasteiger partial charge >= 0.3 is 6.18 Å². The second kappa shape index (κ2) is 13.0. The molecule has 0 radical (unpaired) electrons. The van der Waals surface area contributed by atoms with Crippen molar-refractivity contribution in [2.45, 2.75) is 90.6 Å². The molecule has 228 valence electrons. The Morgan fingerprint density at radius 3 is 2.37 bits per heavy atom. The lowest BCUT2D eigenvalue weighted by molar-refractivity contribution is -0.146. The first kappa shape index (κ1) is 32.6. The van der Waals surface area contributed by atoms with Gasteiger partial charge in [-0.05, 0) is 58.4 Å². The van der Waals surface area contributed by atoms with Crippen molar-refractivity contribution in [3.05, 3.63) is 28.5 Å². The highest BCUT2D eigenvalue weighted by molar-refractivity contribution is 7.17. The molecule has 2 atom stereocenters. The fourth-order valence-corrected chi connectivity index (χ4v) is 5.47. The number of alkyl halides is 5. The number of aromatic nitrogens is 2. The number of halogens is 5. The molecule has 41 heavy (non-hydrogen) atoms. The molecule has 1 saturated carbocycles. The van der Waals surface area contributed by atoms with Crippen LogP contribution < -0.4 is 10.6 Å². The van der Waals surface area contributed by atoms with Crippen LogP contribution in [0.4, 0.5) is 27.8 Å². The fraction of sp³-hybridized carbons (Fsp3) is 0.630. The van der Waals surface area contributed by atoms with Gasteiger partial charge in [0.05, 0.1) is 10.5 Å². The highest BCUT2D eigenvalue weighted by atomic mass is 32.1. The van der Waals surface area contributed by atoms with E-state index in [1.165, 1.54) is 13.8 Å². The SMILES string of the molecule is CC.CC1CCCN1C(=O)c1nc(C(=O)NCC(C)(C)O)sc1-c1cnc(NC(C2CC2)C(F)(F)F)cc1C(F)F. The summed E-state index contributed by atoms with van der Waals surface area (Å²) in [7, 11) is 0. The predicted octanol–water partition coefficient (Wildman–Crippen LogP) is 6.05. The van der Waals surface area contributed by atoms with Crippen LogP contribution >= 0.6 is 11.3 Å². The number of hydrogen-bond donors (Lipinski definition) is 3. The predicted molar refractivity (Wildman–Crippen MR) is 146 cm³/mol. The van der Waals surface area contributed by atoms with E-state index < -0.39 is 47.5 Å². The van der Waals surface area contributed by atoms with Crippen molar-refractivity contribution in [3.63, 3.8) is 0 Å². The molecule has 2 aromatic rings. The molecule has 14 heteroatoms. The van der Waals surface area contributed by atoms with Crippen LogP contribution in [-0.4, -0.2) is 68.7 Å². The minimum Gasteiger partial charge on any atom is -0.389 e. The van der Waals surface area contributed by atoms with Crippen LogP contribution in [0.3, 0.4) is 0 Å². The molecule has 8 nitrogen and oxygen atoms in total. The maximum atomic E-state index is 14.3. The van der Waals surface area contributed by atoms with Crippen LogP contribution in [0.1, 0.15) is 92.6 Å². The summed E-state index contributed by atoms with van der Waals surface area (Å²) in [6.07, 6.45) is -4.47. The molecular formula is C27H36F5N5O3S. The van der Waals surface area contributed by atoms with Crippen molar-refractivity contribution in [1.29, 1.82) is 0 Å². The van der Waals surface area contributed by atoms with Crippen LogP contribution in [0, 0.1) is 5.92 Å². The summed E-state index contributed by atoms with van der Waals surface area (Å²) < 4.78 is 69.0. The monoisotopic (exact) mass is 605 g/mol. The van der Waals surface area contributed by atoms with E-state index in [2.05, 4.69) is 20.6 Å². The van der Waals surface area contributed by atoms with Crippen LogP contribution in [0.5, 0.6) is 0 Å². The molecule has 0 spiro atoms. The molecular weight excluding hydrogens is 569 g/mol. The lowest BCUT2D eigenvalue weighted by Crippen LogP contribution is -2.38. The molecule has 2 unspecified atom stereocenters. The fourth-order valence-electron chi connectivity index (χ4n) is 4.46. The van der Waals surface area contributed by atoms with Crippen molar-refractivity contribution >= 4 is 29.0 Å². The zero-order valence-electron chi connectivity index (χ0n) is 23.6. The maximum absolute atomic E-state index is 14.3. The molecule has 2 aromatic heterocycles. The Balaban J connectivity index is 0.00000226. The Morgan fingerprint density at radius 2 is 1.85 bits per heavy atom. The minimum atomic E-state index is -4.58. The van der Waals surface area contributed by atoms with Gasteiger partial charge in [0, 0.05) is 36.5 Å². The second-order valence-corrected chi connectivity index (χ2v) is 11.6. The number of amides is 2. The number of nitrogens with one attached hydrogen (secondary N) is 2. The highest BCUT2D eigenvalue weighted by Gasteiger charge is 2.49. The van der Waals surface area contributed by atoms with E-state index in [1.807, 2.05) is 20.8 Å². The molecule has 1 saturated heterocycles. The third-order valence-electron chi connectivity index (χ3n) is 6.68. The van der Waals surface area contributed by atoms with Crippen LogP contribution in [0.25, 0.3) is 10.4 Å². The zero-order chi connectivity index (χ0) is 30.7. The quantitative estimate of drug-likeness (QED) is 0.301. The maximum Gasteiger partial charge on any atom is 0.408 e. The molecule has 2 fully saturated rings. The van der Waals surface area contributed by atoms with E-state index in [-0.39, 0.29) is 39.5 Å². The Morgan fingerprint density at radius 1 is 1.20 bits per heavy atom. The smallest absolute Gasteiger partial charge is 0.389 e. The van der Waals surface area contributed by atoms with Gasteiger partial charge in [-0.25, -0.2) is 18.7 Å². The first-order valence-electron chi connectivity index (χ1n) is 13.6. The number of thiazole rings is 1. The molecule has 0 aromatic carbocycles. The number of aliphatic hydroxyl groups is 1. The first-order valence-corrected chi connectivity index (χ1v) is 14.4. The standard InChI is InChI=1S/C25H30F5N5O3S.C2H6/c1-12-5-4-8-35(12)23(37)17-18(39-22(34-17)21(36)32-11-24(2,3)38)15-10-31-16(9-14(15)20(26)27)33-19(13-6-7-13)25(28,29)30;1-2/h9-10,12-13,19-20,38H,4-8,11H2,1-3H3,(H,31,33)(H,32,36);1-2H3. The van der Waals surface area contributed by atoms with Crippen LogP contribution in [0.15, 0.2) is 12.3 Å². The van der Waals surface area contributed by atoms with Gasteiger partial charge < -0.3 is 20.6 Å². The van der Waals surface area contributed by atoms with Gasteiger partial charge in [0.2, 0.25) is 0 Å². The second-order valence-electron chi connectivity index (χ2n) is 10.6. The Bertz CT molecular complexity index is 1230. The van der Waals surface area contributed by atoms with Crippen molar-refractivity contribution < 1.29 is 36.6 Å². The van der Waals surface area contributed by atoms with E-state index in [1.54, 1.807) is 4.90 Å². The largest absolute Gasteiger partial charge is 0.408 e. The zero-order valence-corrected chi connectivity index (χ0v) is 24.4. The number of pyridine rings is 1. The normalized spacial score (nSPS) is 18.1. The van der Waals surface area contributed by atoms with Gasteiger partial charge in [-0.1, -0.05) is 13.8 Å². The van der Waals surface area contributed by atoms with E-state index in [0.29, 0.717) is 30.7 Å². The number of hydrogen-bond acceptors (Lipinski definition) is 7. The Kier molecular flexibility index (Phi) is 10.3. The van der Waals surface area contributed by atoms with E-state index in [4.69, 9.17) is 0 Å². The highest BCUT2D eigenvalue weighted by Crippen LogP contribution is 2.43. The lowest BCUT2D eigenvalue weighted by atomic mass is 10.1. The van der Waals surface area contributed by atoms with Crippen molar-refractivity contribution in [1.82, 2.24) is 20.2 Å². The number of carbonyl (C=O) groups excluding carboxylic acids is 2. The number of anilines is 1. The molecule has 1 aliphatic heterocycles. The van der Waals surface area contributed by atoms with Gasteiger partial charge in [0.15, 0.2) is 5.01 Å². The van der Waals surface area contributed by atoms with Crippen molar-refractivity contribution in [2.75, 3.05) is 18.4 Å². The van der Waals surface area contributed by atoms with E-state index in [9.17, 15) is 36.6 Å². The summed E-state index contributed by atoms with van der Waals surface area (Å²) in [5.41, 5.74) is -2.28. The summed E-state index contributed by atoms with van der Waals surface area (Å²) in [4.78, 5) is 35.9. The molecule has 2 amide bonds. The summed E-state index contributed by atoms with van der Waals surface area (Å²) >= 11 is 0.704. The van der Waals surface area contributed by atoms with E-state index >= 15 is 0 Å². The number of likely N-dealkylation sites (tertiary alicyclic amines) is 1. The van der Waals surface area contributed by atoms with Crippen molar-refractivity contribution in [3.8, 4) is 10.4 Å². The van der Waals surface area contributed by atoms with Crippen LogP contribution in [0.2, 0.25) is 0 Å². The minimum absolute atomic E-state index is 0.0311. The number of carbonyl (C=O) groups is 2. The van der Waals surface area contributed by atoms with E-state index in [0.717, 1.165) is 25.1 Å². The molecule has 3 N–H and O–H groups in total. The van der Waals surface area contributed by atoms with Crippen molar-refractivity contribution in [2.24, 2.45) is 5.92 Å². The summed E-state index contributed by atoms with van der Waals surface area (Å²) in [5, 5.41) is 14.5. The topological polar surface area (TPSA) is 107 Å². The third kappa shape index (κ3) is 8.12. The van der Waals surface area contributed by atoms with Crippen LogP contribution in [-0.2, 0) is 0 Å². The average Bonchev–Trinajstić information content (AvgIpc) is 3.48. The lowest BCUT2D eigenvalue weighted by Gasteiger charge is -2.23. The molecule has 1 aliphatic carbocycles. The molecule has 3 heterocycles. The Hall–Kier alpha value is -2.87. The van der Waals surface area contributed by atoms with Gasteiger partial charge in [-0.2, -0.15) is 13.2 Å². The van der Waals surface area contributed by atoms with Gasteiger partial charge in [0.25, 0.3) is 18.2 Å².